The molecule has 2 aromatic heterocycles. The van der Waals surface area contributed by atoms with Crippen LogP contribution in [0.3, 0.4) is 0 Å². The highest BCUT2D eigenvalue weighted by atomic mass is 16.4. The van der Waals surface area contributed by atoms with Crippen molar-refractivity contribution in [1.82, 2.24) is 14.8 Å². The molecule has 76 valence electrons. The second-order valence-corrected chi connectivity index (χ2v) is 2.85. The summed E-state index contributed by atoms with van der Waals surface area (Å²) in [5.41, 5.74) is -0.334. The van der Waals surface area contributed by atoms with Crippen LogP contribution in [0.5, 0.6) is 0 Å². The summed E-state index contributed by atoms with van der Waals surface area (Å²) in [4.78, 5) is 25.4. The molecule has 2 rings (SSSR count). The van der Waals surface area contributed by atoms with E-state index in [4.69, 9.17) is 5.11 Å². The van der Waals surface area contributed by atoms with Crippen molar-refractivity contribution in [2.24, 2.45) is 0 Å². The number of hydrogen-bond acceptors (Lipinski definition) is 3. The lowest BCUT2D eigenvalue weighted by Gasteiger charge is -2.01. The molecule has 0 atom stereocenters. The third-order valence-corrected chi connectivity index (χ3v) is 1.81. The zero-order valence-corrected chi connectivity index (χ0v) is 7.54. The number of pyridine rings is 1. The van der Waals surface area contributed by atoms with Crippen molar-refractivity contribution in [3.63, 3.8) is 0 Å². The van der Waals surface area contributed by atoms with E-state index in [0.717, 1.165) is 0 Å². The first kappa shape index (κ1) is 9.20. The average molecular weight is 205 g/mol. The molecule has 0 saturated carbocycles. The van der Waals surface area contributed by atoms with Crippen molar-refractivity contribution in [2.45, 2.75) is 0 Å². The van der Waals surface area contributed by atoms with Crippen LogP contribution in [-0.4, -0.2) is 25.8 Å². The van der Waals surface area contributed by atoms with Crippen LogP contribution < -0.4 is 5.56 Å². The number of carboxylic acids is 1. The lowest BCUT2D eigenvalue weighted by molar-refractivity contribution is 0.0690. The lowest BCUT2D eigenvalue weighted by Crippen LogP contribution is -2.07. The zero-order chi connectivity index (χ0) is 10.8. The summed E-state index contributed by atoms with van der Waals surface area (Å²) < 4.78 is 1.36. The number of H-pyrrole nitrogens is 1. The molecule has 2 heterocycles. The highest BCUT2D eigenvalue weighted by Gasteiger charge is 2.05. The molecule has 0 fully saturated rings. The van der Waals surface area contributed by atoms with E-state index < -0.39 is 5.97 Å². The van der Waals surface area contributed by atoms with Gasteiger partial charge < -0.3 is 5.11 Å². The Morgan fingerprint density at radius 3 is 2.80 bits per heavy atom. The number of nitrogens with zero attached hydrogens (tertiary/aromatic N) is 2. The standard InChI is InChI=1S/C9H7N3O3/c13-8-4-5-12(11-8)7-3-1-2-6(10-7)9(14)15/h1-5H,(H,11,13)(H,14,15). The summed E-state index contributed by atoms with van der Waals surface area (Å²) in [6, 6.07) is 5.87. The first-order valence-corrected chi connectivity index (χ1v) is 4.15. The number of aromatic amines is 1. The minimum atomic E-state index is -1.11. The van der Waals surface area contributed by atoms with Crippen LogP contribution in [0.4, 0.5) is 0 Å². The largest absolute Gasteiger partial charge is 0.477 e. The van der Waals surface area contributed by atoms with Crippen LogP contribution in [0.25, 0.3) is 5.82 Å². The van der Waals surface area contributed by atoms with Gasteiger partial charge in [-0.25, -0.2) is 14.5 Å². The highest BCUT2D eigenvalue weighted by molar-refractivity contribution is 5.85. The molecule has 6 heteroatoms. The number of aromatic carboxylic acids is 1. The summed E-state index contributed by atoms with van der Waals surface area (Å²) in [5.74, 6) is -0.747. The molecule has 15 heavy (non-hydrogen) atoms. The fourth-order valence-electron chi connectivity index (χ4n) is 1.15. The van der Waals surface area contributed by atoms with Crippen molar-refractivity contribution in [2.75, 3.05) is 0 Å². The fourth-order valence-corrected chi connectivity index (χ4v) is 1.15. The van der Waals surface area contributed by atoms with Gasteiger partial charge in [-0.1, -0.05) is 6.07 Å². The molecule has 0 aliphatic rings. The van der Waals surface area contributed by atoms with E-state index in [0.29, 0.717) is 5.82 Å². The Kier molecular flexibility index (Phi) is 2.09. The Bertz CT molecular complexity index is 555. The molecule has 0 aliphatic carbocycles. The van der Waals surface area contributed by atoms with Crippen LogP contribution in [0.1, 0.15) is 10.5 Å². The number of hydrogen-bond donors (Lipinski definition) is 2. The summed E-state index contributed by atoms with van der Waals surface area (Å²) in [6.45, 7) is 0. The van der Waals surface area contributed by atoms with E-state index in [1.165, 1.54) is 23.0 Å². The van der Waals surface area contributed by atoms with Crippen molar-refractivity contribution in [3.8, 4) is 5.82 Å². The van der Waals surface area contributed by atoms with Crippen molar-refractivity contribution >= 4 is 5.97 Å². The third-order valence-electron chi connectivity index (χ3n) is 1.81. The van der Waals surface area contributed by atoms with E-state index in [2.05, 4.69) is 10.1 Å². The van der Waals surface area contributed by atoms with E-state index in [-0.39, 0.29) is 11.3 Å². The Morgan fingerprint density at radius 1 is 1.40 bits per heavy atom. The molecular formula is C9H7N3O3. The van der Waals surface area contributed by atoms with Gasteiger partial charge in [-0.2, -0.15) is 0 Å². The van der Waals surface area contributed by atoms with Gasteiger partial charge in [0.1, 0.15) is 0 Å². The lowest BCUT2D eigenvalue weighted by atomic mass is 10.3. The molecule has 0 saturated heterocycles. The molecule has 0 unspecified atom stereocenters. The van der Waals surface area contributed by atoms with Gasteiger partial charge in [-0.15, -0.1) is 0 Å². The molecule has 0 spiro atoms. The molecule has 0 radical (unpaired) electrons. The maximum atomic E-state index is 10.9. The van der Waals surface area contributed by atoms with E-state index >= 15 is 0 Å². The van der Waals surface area contributed by atoms with E-state index in [9.17, 15) is 9.59 Å². The van der Waals surface area contributed by atoms with Gasteiger partial charge in [0.25, 0.3) is 5.56 Å². The minimum absolute atomic E-state index is 0.0675. The highest BCUT2D eigenvalue weighted by Crippen LogP contribution is 2.03. The molecule has 6 nitrogen and oxygen atoms in total. The minimum Gasteiger partial charge on any atom is -0.477 e. The van der Waals surface area contributed by atoms with Gasteiger partial charge in [-0.05, 0) is 12.1 Å². The monoisotopic (exact) mass is 205 g/mol. The second-order valence-electron chi connectivity index (χ2n) is 2.85. The number of aromatic nitrogens is 3. The molecule has 0 aromatic carbocycles. The third kappa shape index (κ3) is 1.78. The molecule has 0 aliphatic heterocycles. The number of carbonyl (C=O) groups is 1. The molecule has 0 amide bonds. The Labute approximate surface area is 83.8 Å². The van der Waals surface area contributed by atoms with E-state index in [1.807, 2.05) is 0 Å². The Hall–Kier alpha value is -2.37. The smallest absolute Gasteiger partial charge is 0.354 e. The summed E-state index contributed by atoms with van der Waals surface area (Å²) >= 11 is 0. The summed E-state index contributed by atoms with van der Waals surface area (Å²) in [5, 5.41) is 11.2. The average Bonchev–Trinajstić information content (AvgIpc) is 2.65. The van der Waals surface area contributed by atoms with Crippen molar-refractivity contribution < 1.29 is 9.90 Å². The second kappa shape index (κ2) is 3.41. The number of nitrogens with one attached hydrogen (secondary N) is 1. The van der Waals surface area contributed by atoms with Crippen LogP contribution in [0.2, 0.25) is 0 Å². The van der Waals surface area contributed by atoms with Gasteiger partial charge in [0, 0.05) is 12.3 Å². The van der Waals surface area contributed by atoms with Gasteiger partial charge in [0.2, 0.25) is 0 Å². The topological polar surface area (TPSA) is 88.0 Å². The van der Waals surface area contributed by atoms with E-state index in [1.54, 1.807) is 12.1 Å². The predicted octanol–water partition coefficient (Wildman–Crippen LogP) is 0.259. The quantitative estimate of drug-likeness (QED) is 0.736. The van der Waals surface area contributed by atoms with Gasteiger partial charge in [0.05, 0.1) is 0 Å². The van der Waals surface area contributed by atoms with Gasteiger partial charge in [0.15, 0.2) is 11.5 Å². The van der Waals surface area contributed by atoms with Gasteiger partial charge in [-0.3, -0.25) is 9.89 Å². The summed E-state index contributed by atoms with van der Waals surface area (Å²) in [7, 11) is 0. The molecular weight excluding hydrogens is 198 g/mol. The summed E-state index contributed by atoms with van der Waals surface area (Å²) in [6.07, 6.45) is 1.48. The molecule has 2 N–H and O–H groups in total. The van der Waals surface area contributed by atoms with Crippen LogP contribution in [0.15, 0.2) is 35.3 Å². The van der Waals surface area contributed by atoms with Crippen molar-refractivity contribution in [1.29, 1.82) is 0 Å². The van der Waals surface area contributed by atoms with Crippen molar-refractivity contribution in [3.05, 3.63) is 46.5 Å². The number of carboxylic acid groups (broad SMARTS) is 1. The van der Waals surface area contributed by atoms with Crippen LogP contribution in [-0.2, 0) is 0 Å². The number of rotatable bonds is 2. The predicted molar refractivity (Wildman–Crippen MR) is 51.1 cm³/mol. The maximum Gasteiger partial charge on any atom is 0.354 e. The maximum absolute atomic E-state index is 10.9. The zero-order valence-electron chi connectivity index (χ0n) is 7.54. The van der Waals surface area contributed by atoms with Crippen LogP contribution in [0, 0.1) is 0 Å². The molecule has 2 aromatic rings. The Balaban J connectivity index is 2.49. The molecule has 0 bridgehead atoms. The first-order chi connectivity index (χ1) is 7.16. The van der Waals surface area contributed by atoms with Gasteiger partial charge >= 0.3 is 5.97 Å². The normalized spacial score (nSPS) is 10.1. The Morgan fingerprint density at radius 2 is 2.20 bits per heavy atom. The SMILES string of the molecule is O=C(O)c1cccc(-n2ccc(=O)[nH]2)n1. The fraction of sp³-hybridized carbons (Fsp3) is 0. The van der Waals surface area contributed by atoms with Crippen LogP contribution >= 0.6 is 0 Å². The first-order valence-electron chi connectivity index (χ1n) is 4.15.